The highest BCUT2D eigenvalue weighted by Crippen LogP contribution is 2.37. The molecule has 0 saturated heterocycles. The molecule has 0 spiro atoms. The van der Waals surface area contributed by atoms with E-state index in [0.29, 0.717) is 12.8 Å². The third-order valence-electron chi connectivity index (χ3n) is 4.61. The highest BCUT2D eigenvalue weighted by atomic mass is 19.4. The van der Waals surface area contributed by atoms with Crippen LogP contribution in [0, 0.1) is 5.92 Å². The molecule has 2 rings (SSSR count). The number of hydrogen-bond donors (Lipinski definition) is 2. The van der Waals surface area contributed by atoms with Crippen molar-refractivity contribution >= 4 is 6.03 Å². The number of hydrogen-bond acceptors (Lipinski definition) is 1. The Bertz CT molecular complexity index is 511. The Hall–Kier alpha value is -1.72. The number of nitrogens with one attached hydrogen (secondary N) is 2. The van der Waals surface area contributed by atoms with Crippen molar-refractivity contribution < 1.29 is 18.0 Å². The van der Waals surface area contributed by atoms with Crippen LogP contribution in [-0.2, 0) is 6.42 Å². The van der Waals surface area contributed by atoms with E-state index in [0.717, 1.165) is 12.8 Å². The average molecular weight is 342 g/mol. The summed E-state index contributed by atoms with van der Waals surface area (Å²) >= 11 is 0. The summed E-state index contributed by atoms with van der Waals surface area (Å²) in [6.07, 6.45) is -1.46. The Morgan fingerprint density at radius 3 is 2.38 bits per heavy atom. The number of carbonyl (C=O) groups is 1. The van der Waals surface area contributed by atoms with E-state index in [1.165, 1.54) is 5.56 Å². The smallest absolute Gasteiger partial charge is 0.336 e. The van der Waals surface area contributed by atoms with Gasteiger partial charge in [0.05, 0.1) is 5.92 Å². The molecule has 1 atom stereocenters. The van der Waals surface area contributed by atoms with Gasteiger partial charge in [-0.25, -0.2) is 4.79 Å². The van der Waals surface area contributed by atoms with Crippen LogP contribution in [0.4, 0.5) is 18.0 Å². The van der Waals surface area contributed by atoms with Crippen LogP contribution in [0.1, 0.15) is 44.6 Å². The van der Waals surface area contributed by atoms with Gasteiger partial charge in [-0.15, -0.1) is 0 Å². The van der Waals surface area contributed by atoms with Crippen LogP contribution in [0.3, 0.4) is 0 Å². The summed E-state index contributed by atoms with van der Waals surface area (Å²) in [5, 5.41) is 5.67. The standard InChI is InChI=1S/C18H25F3N2O/c1-13(7-8-14-5-3-2-4-6-14)22-17(24)23-16-11-9-15(10-12-16)18(19,20)21/h2-6,13,15-16H,7-12H2,1H3,(H2,22,23,24)/t13-,15?,16?/m1/s1. The summed E-state index contributed by atoms with van der Waals surface area (Å²) in [6.45, 7) is 1.93. The maximum atomic E-state index is 12.6. The van der Waals surface area contributed by atoms with Gasteiger partial charge < -0.3 is 10.6 Å². The molecule has 1 saturated carbocycles. The zero-order valence-electron chi connectivity index (χ0n) is 13.9. The molecule has 0 radical (unpaired) electrons. The maximum absolute atomic E-state index is 12.6. The maximum Gasteiger partial charge on any atom is 0.391 e. The number of carbonyl (C=O) groups excluding carboxylic acids is 1. The average Bonchev–Trinajstić information content (AvgIpc) is 2.53. The normalized spacial score (nSPS) is 22.7. The molecule has 0 bridgehead atoms. The molecule has 0 unspecified atom stereocenters. The molecule has 2 N–H and O–H groups in total. The molecule has 1 aliphatic carbocycles. The molecule has 0 heterocycles. The van der Waals surface area contributed by atoms with Crippen LogP contribution in [0.25, 0.3) is 0 Å². The molecular formula is C18H25F3N2O. The van der Waals surface area contributed by atoms with Crippen LogP contribution in [0.2, 0.25) is 0 Å². The number of amides is 2. The summed E-state index contributed by atoms with van der Waals surface area (Å²) in [4.78, 5) is 12.0. The molecule has 134 valence electrons. The molecule has 1 aromatic rings. The fourth-order valence-corrected chi connectivity index (χ4v) is 3.12. The largest absolute Gasteiger partial charge is 0.391 e. The van der Waals surface area contributed by atoms with Gasteiger partial charge in [0.2, 0.25) is 0 Å². The Morgan fingerprint density at radius 1 is 1.17 bits per heavy atom. The predicted molar refractivity (Wildman–Crippen MR) is 87.7 cm³/mol. The van der Waals surface area contributed by atoms with E-state index < -0.39 is 12.1 Å². The van der Waals surface area contributed by atoms with Gasteiger partial charge in [0, 0.05) is 12.1 Å². The van der Waals surface area contributed by atoms with E-state index in [9.17, 15) is 18.0 Å². The van der Waals surface area contributed by atoms with Gasteiger partial charge in [0.15, 0.2) is 0 Å². The highest BCUT2D eigenvalue weighted by molar-refractivity contribution is 5.74. The van der Waals surface area contributed by atoms with Gasteiger partial charge in [-0.05, 0) is 51.0 Å². The zero-order chi connectivity index (χ0) is 17.6. The van der Waals surface area contributed by atoms with Gasteiger partial charge in [0.1, 0.15) is 0 Å². The third-order valence-corrected chi connectivity index (χ3v) is 4.61. The first-order chi connectivity index (χ1) is 11.3. The van der Waals surface area contributed by atoms with Crippen molar-refractivity contribution in [2.24, 2.45) is 5.92 Å². The van der Waals surface area contributed by atoms with Gasteiger partial charge in [-0.1, -0.05) is 30.3 Å². The zero-order valence-corrected chi connectivity index (χ0v) is 13.9. The summed E-state index contributed by atoms with van der Waals surface area (Å²) in [5.74, 6) is -1.22. The summed E-state index contributed by atoms with van der Waals surface area (Å²) in [5.41, 5.74) is 1.22. The van der Waals surface area contributed by atoms with Crippen molar-refractivity contribution in [1.29, 1.82) is 0 Å². The fourth-order valence-electron chi connectivity index (χ4n) is 3.12. The quantitative estimate of drug-likeness (QED) is 0.817. The SMILES string of the molecule is C[C@H](CCc1ccccc1)NC(=O)NC1CCC(C(F)(F)F)CC1. The van der Waals surface area contributed by atoms with Crippen LogP contribution in [0.15, 0.2) is 30.3 Å². The number of halogens is 3. The van der Waals surface area contributed by atoms with Crippen molar-refractivity contribution in [2.75, 3.05) is 0 Å². The van der Waals surface area contributed by atoms with Crippen molar-refractivity contribution in [3.05, 3.63) is 35.9 Å². The molecule has 2 amide bonds. The molecule has 1 fully saturated rings. The van der Waals surface area contributed by atoms with Gasteiger partial charge in [-0.3, -0.25) is 0 Å². The monoisotopic (exact) mass is 342 g/mol. The van der Waals surface area contributed by atoms with E-state index in [1.54, 1.807) is 0 Å². The minimum Gasteiger partial charge on any atom is -0.336 e. The van der Waals surface area contributed by atoms with Crippen molar-refractivity contribution in [2.45, 2.75) is 63.7 Å². The lowest BCUT2D eigenvalue weighted by atomic mass is 9.85. The molecule has 3 nitrogen and oxygen atoms in total. The molecular weight excluding hydrogens is 317 g/mol. The lowest BCUT2D eigenvalue weighted by Gasteiger charge is -2.30. The second-order valence-electron chi connectivity index (χ2n) is 6.63. The second kappa shape index (κ2) is 8.40. The minimum absolute atomic E-state index is 0.0109. The van der Waals surface area contributed by atoms with E-state index >= 15 is 0 Å². The van der Waals surface area contributed by atoms with E-state index in [2.05, 4.69) is 10.6 Å². The van der Waals surface area contributed by atoms with Gasteiger partial charge in [-0.2, -0.15) is 13.2 Å². The Morgan fingerprint density at radius 2 is 1.79 bits per heavy atom. The fraction of sp³-hybridized carbons (Fsp3) is 0.611. The number of benzene rings is 1. The van der Waals surface area contributed by atoms with Crippen LogP contribution in [-0.4, -0.2) is 24.3 Å². The lowest BCUT2D eigenvalue weighted by Crippen LogP contribution is -2.47. The lowest BCUT2D eigenvalue weighted by molar-refractivity contribution is -0.182. The predicted octanol–water partition coefficient (Wildman–Crippen LogP) is 4.43. The van der Waals surface area contributed by atoms with E-state index in [-0.39, 0.29) is 31.0 Å². The van der Waals surface area contributed by atoms with Crippen LogP contribution in [0.5, 0.6) is 0 Å². The number of alkyl halides is 3. The molecule has 1 aliphatic rings. The summed E-state index contributed by atoms with van der Waals surface area (Å²) in [7, 11) is 0. The first-order valence-corrected chi connectivity index (χ1v) is 8.52. The number of aryl methyl sites for hydroxylation is 1. The highest BCUT2D eigenvalue weighted by Gasteiger charge is 2.41. The minimum atomic E-state index is -4.11. The summed E-state index contributed by atoms with van der Waals surface area (Å²) in [6, 6.07) is 9.59. The molecule has 0 aliphatic heterocycles. The van der Waals surface area contributed by atoms with Gasteiger partial charge in [0.25, 0.3) is 0 Å². The number of rotatable bonds is 5. The topological polar surface area (TPSA) is 41.1 Å². The Balaban J connectivity index is 1.66. The first-order valence-electron chi connectivity index (χ1n) is 8.52. The van der Waals surface area contributed by atoms with E-state index in [4.69, 9.17) is 0 Å². The number of urea groups is 1. The van der Waals surface area contributed by atoms with Crippen LogP contribution >= 0.6 is 0 Å². The summed E-state index contributed by atoms with van der Waals surface area (Å²) < 4.78 is 37.9. The third kappa shape index (κ3) is 6.06. The Labute approximate surface area is 141 Å². The van der Waals surface area contributed by atoms with Crippen LogP contribution < -0.4 is 10.6 Å². The van der Waals surface area contributed by atoms with E-state index in [1.807, 2.05) is 37.3 Å². The second-order valence-corrected chi connectivity index (χ2v) is 6.63. The Kier molecular flexibility index (Phi) is 6.52. The molecule has 1 aromatic carbocycles. The molecule has 24 heavy (non-hydrogen) atoms. The van der Waals surface area contributed by atoms with Crippen molar-refractivity contribution in [1.82, 2.24) is 10.6 Å². The molecule has 6 heteroatoms. The van der Waals surface area contributed by atoms with Crippen molar-refractivity contribution in [3.63, 3.8) is 0 Å². The molecule has 0 aromatic heterocycles. The van der Waals surface area contributed by atoms with Crippen molar-refractivity contribution in [3.8, 4) is 0 Å². The van der Waals surface area contributed by atoms with Gasteiger partial charge >= 0.3 is 12.2 Å². The first kappa shape index (κ1) is 18.6.